The summed E-state index contributed by atoms with van der Waals surface area (Å²) < 4.78 is 20.2. The van der Waals surface area contributed by atoms with E-state index in [4.69, 9.17) is 32.9 Å². The number of likely N-dealkylation sites (tertiary alicyclic amines) is 1. The highest BCUT2D eigenvalue weighted by molar-refractivity contribution is 6.31. The lowest BCUT2D eigenvalue weighted by Crippen LogP contribution is -2.49. The van der Waals surface area contributed by atoms with Gasteiger partial charge in [-0.05, 0) is 79.9 Å². The lowest BCUT2D eigenvalue weighted by atomic mass is 9.84. The number of anilines is 1. The Bertz CT molecular complexity index is 2010. The number of ether oxygens (including phenoxy) is 1. The second kappa shape index (κ2) is 12.3. The van der Waals surface area contributed by atoms with Gasteiger partial charge in [0, 0.05) is 41.3 Å². The van der Waals surface area contributed by atoms with Crippen LogP contribution in [-0.4, -0.2) is 44.1 Å². The molecule has 0 saturated carbocycles. The number of aromatic carboxylic acids is 1. The fourth-order valence-corrected chi connectivity index (χ4v) is 7.67. The van der Waals surface area contributed by atoms with Gasteiger partial charge < -0.3 is 19.7 Å². The van der Waals surface area contributed by atoms with Crippen LogP contribution in [0.3, 0.4) is 0 Å². The van der Waals surface area contributed by atoms with Gasteiger partial charge >= 0.3 is 5.97 Å². The summed E-state index contributed by atoms with van der Waals surface area (Å²) in [6, 6.07) is 25.0. The monoisotopic (exact) mass is 672 g/mol. The molecule has 0 bridgehead atoms. The molecule has 1 amide bonds. The largest absolute Gasteiger partial charge is 0.494 e. The third-order valence-corrected chi connectivity index (χ3v) is 9.85. The van der Waals surface area contributed by atoms with Crippen LogP contribution in [-0.2, 0) is 23.4 Å². The van der Waals surface area contributed by atoms with Crippen LogP contribution in [0.2, 0.25) is 10.0 Å². The first-order valence-electron chi connectivity index (χ1n) is 15.4. The Labute approximate surface area is 280 Å². The molecule has 1 fully saturated rings. The fraction of sp³-hybridized carbons (Fsp3) is 0.250. The van der Waals surface area contributed by atoms with E-state index < -0.39 is 11.5 Å². The molecule has 11 heteroatoms. The summed E-state index contributed by atoms with van der Waals surface area (Å²) in [6.07, 6.45) is 1.41. The number of hydrogen-bond acceptors (Lipinski definition) is 5. The number of carbonyl (C=O) groups is 2. The van der Waals surface area contributed by atoms with Gasteiger partial charge in [0.1, 0.15) is 22.9 Å². The number of benzene rings is 4. The lowest BCUT2D eigenvalue weighted by Gasteiger charge is -2.38. The van der Waals surface area contributed by atoms with Crippen LogP contribution in [0.5, 0.6) is 5.75 Å². The van der Waals surface area contributed by atoms with E-state index in [1.807, 2.05) is 49.4 Å². The molecule has 3 aliphatic rings. The predicted molar refractivity (Wildman–Crippen MR) is 179 cm³/mol. The van der Waals surface area contributed by atoms with Gasteiger partial charge in [0.05, 0.1) is 28.2 Å². The van der Waals surface area contributed by atoms with E-state index in [2.05, 4.69) is 20.9 Å². The van der Waals surface area contributed by atoms with Gasteiger partial charge in [-0.25, -0.2) is 14.2 Å². The number of nitrogens with one attached hydrogen (secondary N) is 1. The molecule has 4 aromatic carbocycles. The molecule has 47 heavy (non-hydrogen) atoms. The van der Waals surface area contributed by atoms with Crippen LogP contribution in [0.1, 0.15) is 53.0 Å². The zero-order chi connectivity index (χ0) is 32.9. The van der Waals surface area contributed by atoms with Gasteiger partial charge in [-0.3, -0.25) is 9.69 Å². The van der Waals surface area contributed by atoms with Crippen molar-refractivity contribution in [2.75, 3.05) is 11.9 Å². The topological polar surface area (TPSA) is 96.7 Å². The van der Waals surface area contributed by atoms with E-state index >= 15 is 0 Å². The maximum absolute atomic E-state index is 14.0. The van der Waals surface area contributed by atoms with Gasteiger partial charge in [0.25, 0.3) is 0 Å². The summed E-state index contributed by atoms with van der Waals surface area (Å²) in [6.45, 7) is 3.85. The molecule has 5 aromatic rings. The van der Waals surface area contributed by atoms with Crippen molar-refractivity contribution >= 4 is 51.8 Å². The Morgan fingerprint density at radius 3 is 2.66 bits per heavy atom. The Morgan fingerprint density at radius 2 is 1.91 bits per heavy atom. The highest BCUT2D eigenvalue weighted by Crippen LogP contribution is 2.57. The number of aryl methyl sites for hydroxylation is 1. The maximum Gasteiger partial charge on any atom is 0.335 e. The summed E-state index contributed by atoms with van der Waals surface area (Å²) in [5, 5.41) is 13.4. The van der Waals surface area contributed by atoms with Crippen molar-refractivity contribution in [3.63, 3.8) is 0 Å². The van der Waals surface area contributed by atoms with E-state index in [0.29, 0.717) is 30.1 Å². The second-order valence-corrected chi connectivity index (χ2v) is 12.8. The Balaban J connectivity index is 0.000000386. The number of carboxylic acid groups (broad SMARTS) is 1. The number of carbonyl (C=O) groups excluding carboxylic acids is 1. The lowest BCUT2D eigenvalue weighted by molar-refractivity contribution is -0.127. The number of rotatable bonds is 5. The molecule has 4 heterocycles. The molecule has 2 N–H and O–H groups in total. The normalized spacial score (nSPS) is 21.1. The van der Waals surface area contributed by atoms with E-state index in [0.717, 1.165) is 46.9 Å². The molecule has 1 saturated heterocycles. The highest BCUT2D eigenvalue weighted by atomic mass is 35.5. The first kappa shape index (κ1) is 31.2. The molecule has 1 aromatic heterocycles. The van der Waals surface area contributed by atoms with Gasteiger partial charge in [0.15, 0.2) is 0 Å². The number of fused-ring (bicyclic) bond motifs is 7. The van der Waals surface area contributed by atoms with Crippen LogP contribution in [0, 0.1) is 5.82 Å². The molecule has 8 nitrogen and oxygen atoms in total. The molecule has 3 atom stereocenters. The van der Waals surface area contributed by atoms with Crippen molar-refractivity contribution in [1.82, 2.24) is 14.5 Å². The van der Waals surface area contributed by atoms with Crippen molar-refractivity contribution in [3.8, 4) is 5.75 Å². The van der Waals surface area contributed by atoms with Crippen LogP contribution in [0.4, 0.5) is 10.1 Å². The first-order valence-corrected chi connectivity index (χ1v) is 16.2. The number of halogens is 3. The Morgan fingerprint density at radius 1 is 1.09 bits per heavy atom. The van der Waals surface area contributed by atoms with Crippen molar-refractivity contribution < 1.29 is 23.8 Å². The highest BCUT2D eigenvalue weighted by Gasteiger charge is 2.61. The number of carboxylic acids is 1. The number of hydrogen-bond donors (Lipinski definition) is 2. The number of imidazole rings is 1. The maximum atomic E-state index is 14.0. The van der Waals surface area contributed by atoms with Crippen molar-refractivity contribution in [1.29, 1.82) is 0 Å². The predicted octanol–water partition coefficient (Wildman–Crippen LogP) is 7.88. The standard InChI is InChI=1S/C30H27ClN4O4.C6H4ClF/c1-2-39-20-5-3-4-17(12-20)16-35-25-10-11-34-26-9-6-18(28(36)37)13-24(26)32-27(34)21(25)15-30(35)22-8-7-19(31)14-23(22)33-29(30)38;7-5-3-1-2-4-6(5)8/h3-9,12-14,21,25H,2,10-11,15-16H2,1H3,(H,33,38)(H,36,37);1-4H/t21?,25?,30-;/m1./s1. The Kier molecular flexibility index (Phi) is 8.16. The molecule has 8 rings (SSSR count). The summed E-state index contributed by atoms with van der Waals surface area (Å²) in [5.74, 6) is 0.312. The van der Waals surface area contributed by atoms with Gasteiger partial charge in [-0.1, -0.05) is 53.5 Å². The minimum Gasteiger partial charge on any atom is -0.494 e. The Hall–Kier alpha value is -4.44. The van der Waals surface area contributed by atoms with Gasteiger partial charge in [-0.2, -0.15) is 0 Å². The summed E-state index contributed by atoms with van der Waals surface area (Å²) in [4.78, 5) is 32.9. The SMILES string of the molecule is CCOc1cccc(CN2C3CCn4c(nc5cc(C(=O)O)ccc54)C3C[C@@]23C(=O)Nc2cc(Cl)ccc23)c1.Fc1ccccc1Cl. The minimum atomic E-state index is -0.973. The van der Waals surface area contributed by atoms with E-state index in [9.17, 15) is 19.1 Å². The van der Waals surface area contributed by atoms with Crippen molar-refractivity contribution in [3.05, 3.63) is 123 Å². The molecular weight excluding hydrogens is 642 g/mol. The molecule has 2 unspecified atom stereocenters. The summed E-state index contributed by atoms with van der Waals surface area (Å²) >= 11 is 11.6. The molecule has 0 radical (unpaired) electrons. The number of aromatic nitrogens is 2. The quantitative estimate of drug-likeness (QED) is 0.197. The third kappa shape index (κ3) is 5.42. The third-order valence-electron chi connectivity index (χ3n) is 9.31. The van der Waals surface area contributed by atoms with Crippen LogP contribution in [0.15, 0.2) is 84.9 Å². The summed E-state index contributed by atoms with van der Waals surface area (Å²) in [7, 11) is 0. The zero-order valence-corrected chi connectivity index (χ0v) is 26.9. The minimum absolute atomic E-state index is 0.0121. The zero-order valence-electron chi connectivity index (χ0n) is 25.4. The van der Waals surface area contributed by atoms with Gasteiger partial charge in [0.2, 0.25) is 5.91 Å². The van der Waals surface area contributed by atoms with Crippen LogP contribution < -0.4 is 10.1 Å². The fourth-order valence-electron chi connectivity index (χ4n) is 7.36. The second-order valence-electron chi connectivity index (χ2n) is 11.9. The smallest absolute Gasteiger partial charge is 0.335 e. The van der Waals surface area contributed by atoms with Crippen LogP contribution >= 0.6 is 23.2 Å². The molecular formula is C36H31Cl2FN4O4. The molecule has 3 aliphatic heterocycles. The molecule has 1 spiro atoms. The first-order chi connectivity index (χ1) is 22.7. The van der Waals surface area contributed by atoms with E-state index in [1.165, 1.54) is 12.1 Å². The van der Waals surface area contributed by atoms with E-state index in [1.54, 1.807) is 24.3 Å². The van der Waals surface area contributed by atoms with Crippen molar-refractivity contribution in [2.45, 2.75) is 50.4 Å². The van der Waals surface area contributed by atoms with Crippen LogP contribution in [0.25, 0.3) is 11.0 Å². The average molecular weight is 674 g/mol. The van der Waals surface area contributed by atoms with Gasteiger partial charge in [-0.15, -0.1) is 0 Å². The average Bonchev–Trinajstić information content (AvgIpc) is 3.68. The van der Waals surface area contributed by atoms with Crippen molar-refractivity contribution in [2.24, 2.45) is 0 Å². The summed E-state index contributed by atoms with van der Waals surface area (Å²) in [5.41, 5.74) is 3.69. The van der Waals surface area contributed by atoms with E-state index in [-0.39, 0.29) is 34.3 Å². The molecule has 240 valence electrons. The number of amides is 1. The molecule has 0 aliphatic carbocycles. The number of nitrogens with zero attached hydrogens (tertiary/aromatic N) is 3.